The number of ether oxygens (including phenoxy) is 1. The second kappa shape index (κ2) is 9.60. The van der Waals surface area contributed by atoms with Crippen molar-refractivity contribution in [3.63, 3.8) is 0 Å². The number of aliphatic carboxylic acids is 1. The van der Waals surface area contributed by atoms with E-state index in [0.717, 1.165) is 32.4 Å². The molecule has 4 nitrogen and oxygen atoms in total. The highest BCUT2D eigenvalue weighted by molar-refractivity contribution is 5.66. The molecule has 1 atom stereocenters. The molecule has 2 N–H and O–H groups in total. The number of unbranched alkanes of at least 4 members (excludes halogenated alkanes) is 2. The van der Waals surface area contributed by atoms with Crippen molar-refractivity contribution in [2.45, 2.75) is 45.6 Å². The molecule has 0 aliphatic heterocycles. The third kappa shape index (κ3) is 8.68. The quantitative estimate of drug-likeness (QED) is 0.564. The minimum Gasteiger partial charge on any atom is -0.481 e. The Morgan fingerprint density at radius 1 is 1.31 bits per heavy atom. The molecule has 0 aliphatic carbocycles. The average molecular weight is 231 g/mol. The monoisotopic (exact) mass is 231 g/mol. The Labute approximate surface area is 98.4 Å². The number of hydrogen-bond donors (Lipinski definition) is 2. The number of nitrogens with one attached hydrogen (secondary N) is 1. The first kappa shape index (κ1) is 15.4. The molecular formula is C12H25NO3. The minimum atomic E-state index is -0.701. The van der Waals surface area contributed by atoms with Gasteiger partial charge in [0, 0.05) is 19.6 Å². The van der Waals surface area contributed by atoms with Gasteiger partial charge in [0.15, 0.2) is 0 Å². The van der Waals surface area contributed by atoms with E-state index >= 15 is 0 Å². The van der Waals surface area contributed by atoms with E-state index in [4.69, 9.17) is 9.84 Å². The first-order chi connectivity index (χ1) is 7.57. The van der Waals surface area contributed by atoms with Crippen molar-refractivity contribution in [1.82, 2.24) is 5.32 Å². The summed E-state index contributed by atoms with van der Waals surface area (Å²) in [6.07, 6.45) is 3.05. The smallest absolute Gasteiger partial charge is 0.303 e. The SMILES string of the molecule is COCC(NCCCCCC(=O)O)C(C)C. The molecule has 0 aromatic heterocycles. The summed E-state index contributed by atoms with van der Waals surface area (Å²) < 4.78 is 5.13. The fraction of sp³-hybridized carbons (Fsp3) is 0.917. The fourth-order valence-corrected chi connectivity index (χ4v) is 1.53. The molecule has 0 amide bonds. The summed E-state index contributed by atoms with van der Waals surface area (Å²) in [6.45, 7) is 6.00. The van der Waals surface area contributed by atoms with E-state index in [9.17, 15) is 4.79 Å². The van der Waals surface area contributed by atoms with E-state index in [1.807, 2.05) is 0 Å². The standard InChI is InChI=1S/C12H25NO3/c1-10(2)11(9-16-3)13-8-6-4-5-7-12(14)15/h10-11,13H,4-9H2,1-3H3,(H,14,15). The van der Waals surface area contributed by atoms with E-state index in [2.05, 4.69) is 19.2 Å². The summed E-state index contributed by atoms with van der Waals surface area (Å²) in [5.74, 6) is -0.147. The fourth-order valence-electron chi connectivity index (χ4n) is 1.53. The van der Waals surface area contributed by atoms with Crippen LogP contribution in [-0.4, -0.2) is 37.4 Å². The Balaban J connectivity index is 3.43. The Morgan fingerprint density at radius 3 is 2.50 bits per heavy atom. The lowest BCUT2D eigenvalue weighted by Crippen LogP contribution is -2.38. The lowest BCUT2D eigenvalue weighted by molar-refractivity contribution is -0.137. The van der Waals surface area contributed by atoms with Crippen molar-refractivity contribution < 1.29 is 14.6 Å². The van der Waals surface area contributed by atoms with Crippen LogP contribution in [0.25, 0.3) is 0 Å². The van der Waals surface area contributed by atoms with Gasteiger partial charge in [-0.05, 0) is 25.3 Å². The predicted octanol–water partition coefficient (Wildman–Crippen LogP) is 1.89. The summed E-state index contributed by atoms with van der Waals surface area (Å²) in [7, 11) is 1.71. The van der Waals surface area contributed by atoms with Crippen LogP contribution in [0.4, 0.5) is 0 Å². The van der Waals surface area contributed by atoms with Gasteiger partial charge in [-0.1, -0.05) is 20.3 Å². The topological polar surface area (TPSA) is 58.6 Å². The maximum Gasteiger partial charge on any atom is 0.303 e. The van der Waals surface area contributed by atoms with Crippen LogP contribution in [0, 0.1) is 5.92 Å². The zero-order chi connectivity index (χ0) is 12.4. The molecule has 0 rings (SSSR count). The van der Waals surface area contributed by atoms with E-state index in [1.165, 1.54) is 0 Å². The van der Waals surface area contributed by atoms with Gasteiger partial charge in [0.2, 0.25) is 0 Å². The first-order valence-electron chi connectivity index (χ1n) is 6.02. The van der Waals surface area contributed by atoms with E-state index in [1.54, 1.807) is 7.11 Å². The lowest BCUT2D eigenvalue weighted by atomic mass is 10.1. The molecule has 0 bridgehead atoms. The van der Waals surface area contributed by atoms with Crippen molar-refractivity contribution in [3.8, 4) is 0 Å². The Hall–Kier alpha value is -0.610. The third-order valence-electron chi connectivity index (χ3n) is 2.62. The van der Waals surface area contributed by atoms with Crippen LogP contribution < -0.4 is 5.32 Å². The molecule has 96 valence electrons. The first-order valence-corrected chi connectivity index (χ1v) is 6.02. The Kier molecular flexibility index (Phi) is 9.24. The lowest BCUT2D eigenvalue weighted by Gasteiger charge is -2.21. The maximum atomic E-state index is 10.3. The van der Waals surface area contributed by atoms with Crippen molar-refractivity contribution in [2.24, 2.45) is 5.92 Å². The van der Waals surface area contributed by atoms with Gasteiger partial charge in [-0.25, -0.2) is 0 Å². The molecule has 1 unspecified atom stereocenters. The molecule has 0 aromatic rings. The summed E-state index contributed by atoms with van der Waals surface area (Å²) in [4.78, 5) is 10.3. The number of rotatable bonds is 10. The minimum absolute atomic E-state index is 0.283. The highest BCUT2D eigenvalue weighted by atomic mass is 16.5. The van der Waals surface area contributed by atoms with Gasteiger partial charge in [-0.3, -0.25) is 4.79 Å². The van der Waals surface area contributed by atoms with Crippen molar-refractivity contribution in [3.05, 3.63) is 0 Å². The zero-order valence-electron chi connectivity index (χ0n) is 10.7. The highest BCUT2D eigenvalue weighted by Gasteiger charge is 2.11. The van der Waals surface area contributed by atoms with Crippen LogP contribution in [0.1, 0.15) is 39.5 Å². The predicted molar refractivity (Wildman–Crippen MR) is 64.6 cm³/mol. The molecule has 0 aliphatic rings. The van der Waals surface area contributed by atoms with Crippen molar-refractivity contribution >= 4 is 5.97 Å². The Morgan fingerprint density at radius 2 is 2.00 bits per heavy atom. The summed E-state index contributed by atoms with van der Waals surface area (Å²) in [6, 6.07) is 0.393. The number of carbonyl (C=O) groups is 1. The van der Waals surface area contributed by atoms with Crippen molar-refractivity contribution in [1.29, 1.82) is 0 Å². The molecular weight excluding hydrogens is 206 g/mol. The Bertz CT molecular complexity index is 183. The van der Waals surface area contributed by atoms with Crippen LogP contribution in [-0.2, 0) is 9.53 Å². The molecule has 0 aromatic carbocycles. The number of carboxylic acids is 1. The van der Waals surface area contributed by atoms with Gasteiger partial charge < -0.3 is 15.2 Å². The number of methoxy groups -OCH3 is 1. The van der Waals surface area contributed by atoms with Gasteiger partial charge in [0.1, 0.15) is 0 Å². The molecule has 0 fully saturated rings. The van der Waals surface area contributed by atoms with Crippen LogP contribution >= 0.6 is 0 Å². The van der Waals surface area contributed by atoms with E-state index in [-0.39, 0.29) is 6.42 Å². The van der Waals surface area contributed by atoms with E-state index in [0.29, 0.717) is 12.0 Å². The summed E-state index contributed by atoms with van der Waals surface area (Å²) in [5.41, 5.74) is 0. The summed E-state index contributed by atoms with van der Waals surface area (Å²) in [5, 5.41) is 11.9. The molecule has 16 heavy (non-hydrogen) atoms. The largest absolute Gasteiger partial charge is 0.481 e. The van der Waals surface area contributed by atoms with Gasteiger partial charge >= 0.3 is 5.97 Å². The summed E-state index contributed by atoms with van der Waals surface area (Å²) >= 11 is 0. The van der Waals surface area contributed by atoms with Gasteiger partial charge in [-0.15, -0.1) is 0 Å². The molecule has 0 saturated carbocycles. The normalized spacial score (nSPS) is 13.0. The third-order valence-corrected chi connectivity index (χ3v) is 2.62. The molecule has 0 heterocycles. The zero-order valence-corrected chi connectivity index (χ0v) is 10.7. The second-order valence-corrected chi connectivity index (χ2v) is 4.46. The molecule has 0 saturated heterocycles. The second-order valence-electron chi connectivity index (χ2n) is 4.46. The van der Waals surface area contributed by atoms with Gasteiger partial charge in [-0.2, -0.15) is 0 Å². The average Bonchev–Trinajstić information content (AvgIpc) is 2.20. The molecule has 0 radical (unpaired) electrons. The highest BCUT2D eigenvalue weighted by Crippen LogP contribution is 2.03. The maximum absolute atomic E-state index is 10.3. The van der Waals surface area contributed by atoms with Crippen LogP contribution in [0.2, 0.25) is 0 Å². The van der Waals surface area contributed by atoms with E-state index < -0.39 is 5.97 Å². The molecule has 0 spiro atoms. The molecule has 4 heteroatoms. The van der Waals surface area contributed by atoms with Crippen LogP contribution in [0.5, 0.6) is 0 Å². The van der Waals surface area contributed by atoms with Gasteiger partial charge in [0.25, 0.3) is 0 Å². The number of hydrogen-bond acceptors (Lipinski definition) is 3. The van der Waals surface area contributed by atoms with Crippen molar-refractivity contribution in [2.75, 3.05) is 20.3 Å². The van der Waals surface area contributed by atoms with Gasteiger partial charge in [0.05, 0.1) is 6.61 Å². The van der Waals surface area contributed by atoms with Crippen LogP contribution in [0.15, 0.2) is 0 Å². The van der Waals surface area contributed by atoms with Crippen LogP contribution in [0.3, 0.4) is 0 Å². The number of carboxylic acid groups (broad SMARTS) is 1.